The summed E-state index contributed by atoms with van der Waals surface area (Å²) in [5, 5.41) is 3.57. The van der Waals surface area contributed by atoms with E-state index in [0.717, 1.165) is 25.3 Å². The highest BCUT2D eigenvalue weighted by atomic mass is 32.2. The molecule has 4 heteroatoms. The lowest BCUT2D eigenvalue weighted by Gasteiger charge is -2.16. The van der Waals surface area contributed by atoms with Crippen LogP contribution in [0.25, 0.3) is 0 Å². The van der Waals surface area contributed by atoms with E-state index in [-0.39, 0.29) is 0 Å². The Morgan fingerprint density at radius 1 is 1.50 bits per heavy atom. The van der Waals surface area contributed by atoms with Crippen molar-refractivity contribution in [2.75, 3.05) is 12.0 Å². The van der Waals surface area contributed by atoms with Crippen molar-refractivity contribution in [2.45, 2.75) is 45.8 Å². The molecule has 1 rings (SSSR count). The van der Waals surface area contributed by atoms with Crippen LogP contribution in [0.15, 0.2) is 12.4 Å². The van der Waals surface area contributed by atoms with E-state index >= 15 is 0 Å². The van der Waals surface area contributed by atoms with Crippen LogP contribution in [-0.4, -0.2) is 27.6 Å². The maximum Gasteiger partial charge on any atom is 0.122 e. The molecule has 92 valence electrons. The molecule has 0 aliphatic heterocycles. The number of nitrogens with one attached hydrogen (secondary N) is 1. The lowest BCUT2D eigenvalue weighted by Crippen LogP contribution is -2.31. The van der Waals surface area contributed by atoms with Crippen molar-refractivity contribution in [3.63, 3.8) is 0 Å². The van der Waals surface area contributed by atoms with E-state index in [1.54, 1.807) is 0 Å². The highest BCUT2D eigenvalue weighted by Crippen LogP contribution is 2.04. The van der Waals surface area contributed by atoms with Crippen LogP contribution in [0.2, 0.25) is 0 Å². The number of hydrogen-bond donors (Lipinski definition) is 1. The minimum absolute atomic E-state index is 0.599. The second-order valence-corrected chi connectivity index (χ2v) is 4.89. The number of imidazole rings is 1. The number of rotatable bonds is 8. The Kier molecular flexibility index (Phi) is 6.57. The third kappa shape index (κ3) is 4.18. The van der Waals surface area contributed by atoms with E-state index in [0.29, 0.717) is 6.04 Å². The number of hydrogen-bond acceptors (Lipinski definition) is 3. The molecule has 16 heavy (non-hydrogen) atoms. The quantitative estimate of drug-likeness (QED) is 0.758. The Labute approximate surface area is 103 Å². The van der Waals surface area contributed by atoms with Gasteiger partial charge in [0.1, 0.15) is 5.82 Å². The summed E-state index contributed by atoms with van der Waals surface area (Å²) in [6, 6.07) is 0.599. The summed E-state index contributed by atoms with van der Waals surface area (Å²) in [4.78, 5) is 4.39. The molecule has 0 fully saturated rings. The van der Waals surface area contributed by atoms with Crippen molar-refractivity contribution in [3.8, 4) is 0 Å². The third-order valence-electron chi connectivity index (χ3n) is 2.68. The second-order valence-electron chi connectivity index (χ2n) is 3.98. The molecule has 0 saturated carbocycles. The Balaban J connectivity index is 2.43. The second kappa shape index (κ2) is 7.74. The molecule has 1 heterocycles. The van der Waals surface area contributed by atoms with Crippen molar-refractivity contribution in [3.05, 3.63) is 18.2 Å². The smallest absolute Gasteiger partial charge is 0.122 e. The first-order chi connectivity index (χ1) is 7.81. The van der Waals surface area contributed by atoms with Crippen molar-refractivity contribution in [2.24, 2.45) is 0 Å². The third-order valence-corrected chi connectivity index (χ3v) is 3.41. The molecule has 0 saturated heterocycles. The van der Waals surface area contributed by atoms with E-state index < -0.39 is 0 Å². The Hall–Kier alpha value is -0.480. The average Bonchev–Trinajstić information content (AvgIpc) is 2.72. The SMILES string of the molecule is CCCn1ccnc1CNC(CC)CSC. The van der Waals surface area contributed by atoms with Gasteiger partial charge in [0, 0.05) is 30.7 Å². The lowest BCUT2D eigenvalue weighted by molar-refractivity contribution is 0.511. The van der Waals surface area contributed by atoms with Gasteiger partial charge in [-0.3, -0.25) is 0 Å². The normalized spacial score (nSPS) is 12.9. The average molecular weight is 241 g/mol. The van der Waals surface area contributed by atoms with Crippen LogP contribution in [0.3, 0.4) is 0 Å². The molecule has 1 unspecified atom stereocenters. The van der Waals surface area contributed by atoms with Crippen LogP contribution < -0.4 is 5.32 Å². The summed E-state index contributed by atoms with van der Waals surface area (Å²) in [6.07, 6.45) is 8.45. The maximum absolute atomic E-state index is 4.39. The van der Waals surface area contributed by atoms with E-state index in [4.69, 9.17) is 0 Å². The predicted molar refractivity (Wildman–Crippen MR) is 71.8 cm³/mol. The summed E-state index contributed by atoms with van der Waals surface area (Å²) < 4.78 is 2.23. The van der Waals surface area contributed by atoms with Gasteiger partial charge in [0.05, 0.1) is 6.54 Å². The fourth-order valence-corrected chi connectivity index (χ4v) is 2.47. The van der Waals surface area contributed by atoms with Crippen molar-refractivity contribution in [1.29, 1.82) is 0 Å². The zero-order chi connectivity index (χ0) is 11.8. The first kappa shape index (κ1) is 13.6. The topological polar surface area (TPSA) is 29.9 Å². The number of nitrogens with zero attached hydrogens (tertiary/aromatic N) is 2. The fourth-order valence-electron chi connectivity index (χ4n) is 1.71. The number of aromatic nitrogens is 2. The standard InChI is InChI=1S/C12H23N3S/c1-4-7-15-8-6-13-12(15)9-14-11(5-2)10-16-3/h6,8,11,14H,4-5,7,9-10H2,1-3H3. The van der Waals surface area contributed by atoms with Crippen LogP contribution in [0.1, 0.15) is 32.5 Å². The van der Waals surface area contributed by atoms with Gasteiger partial charge >= 0.3 is 0 Å². The van der Waals surface area contributed by atoms with Gasteiger partial charge in [-0.1, -0.05) is 13.8 Å². The molecular formula is C12H23N3S. The summed E-state index contributed by atoms with van der Waals surface area (Å²) in [6.45, 7) is 6.37. The van der Waals surface area contributed by atoms with Gasteiger partial charge in [0.2, 0.25) is 0 Å². The van der Waals surface area contributed by atoms with Gasteiger partial charge in [-0.05, 0) is 19.1 Å². The molecule has 1 aromatic rings. The maximum atomic E-state index is 4.39. The zero-order valence-corrected chi connectivity index (χ0v) is 11.4. The minimum atomic E-state index is 0.599. The summed E-state index contributed by atoms with van der Waals surface area (Å²) in [5.41, 5.74) is 0. The molecule has 0 aromatic carbocycles. The molecule has 0 spiro atoms. The van der Waals surface area contributed by atoms with Crippen molar-refractivity contribution >= 4 is 11.8 Å². The fraction of sp³-hybridized carbons (Fsp3) is 0.750. The Morgan fingerprint density at radius 3 is 2.94 bits per heavy atom. The molecule has 0 aliphatic rings. The van der Waals surface area contributed by atoms with Crippen molar-refractivity contribution < 1.29 is 0 Å². The van der Waals surface area contributed by atoms with Crippen LogP contribution >= 0.6 is 11.8 Å². The van der Waals surface area contributed by atoms with E-state index in [9.17, 15) is 0 Å². The number of aryl methyl sites for hydroxylation is 1. The molecule has 1 atom stereocenters. The molecule has 0 amide bonds. The Morgan fingerprint density at radius 2 is 2.31 bits per heavy atom. The molecule has 1 aromatic heterocycles. The molecule has 1 N–H and O–H groups in total. The van der Waals surface area contributed by atoms with Gasteiger partial charge in [0.15, 0.2) is 0 Å². The number of thioether (sulfide) groups is 1. The minimum Gasteiger partial charge on any atom is -0.334 e. The largest absolute Gasteiger partial charge is 0.334 e. The monoisotopic (exact) mass is 241 g/mol. The van der Waals surface area contributed by atoms with Gasteiger partial charge in [-0.25, -0.2) is 4.98 Å². The highest BCUT2D eigenvalue weighted by molar-refractivity contribution is 7.98. The molecule has 3 nitrogen and oxygen atoms in total. The van der Waals surface area contributed by atoms with Crippen LogP contribution in [0, 0.1) is 0 Å². The molecule has 0 aliphatic carbocycles. The van der Waals surface area contributed by atoms with Crippen LogP contribution in [0.4, 0.5) is 0 Å². The van der Waals surface area contributed by atoms with Gasteiger partial charge in [-0.15, -0.1) is 0 Å². The zero-order valence-electron chi connectivity index (χ0n) is 10.6. The summed E-state index contributed by atoms with van der Waals surface area (Å²) in [7, 11) is 0. The molecule has 0 bridgehead atoms. The van der Waals surface area contributed by atoms with E-state index in [1.165, 1.54) is 12.2 Å². The van der Waals surface area contributed by atoms with Gasteiger partial charge in [-0.2, -0.15) is 11.8 Å². The van der Waals surface area contributed by atoms with Gasteiger partial charge in [0.25, 0.3) is 0 Å². The van der Waals surface area contributed by atoms with E-state index in [2.05, 4.69) is 41.2 Å². The van der Waals surface area contributed by atoms with Crippen LogP contribution in [0.5, 0.6) is 0 Å². The van der Waals surface area contributed by atoms with Crippen molar-refractivity contribution in [1.82, 2.24) is 14.9 Å². The van der Waals surface area contributed by atoms with E-state index in [1.807, 2.05) is 18.0 Å². The lowest BCUT2D eigenvalue weighted by atomic mass is 10.2. The summed E-state index contributed by atoms with van der Waals surface area (Å²) >= 11 is 1.90. The first-order valence-electron chi connectivity index (χ1n) is 6.04. The first-order valence-corrected chi connectivity index (χ1v) is 7.43. The Bertz CT molecular complexity index is 286. The highest BCUT2D eigenvalue weighted by Gasteiger charge is 2.07. The molecular weight excluding hydrogens is 218 g/mol. The predicted octanol–water partition coefficient (Wildman–Crippen LogP) is 2.52. The van der Waals surface area contributed by atoms with Crippen LogP contribution in [-0.2, 0) is 13.1 Å². The van der Waals surface area contributed by atoms with Gasteiger partial charge < -0.3 is 9.88 Å². The molecule has 0 radical (unpaired) electrons. The summed E-state index contributed by atoms with van der Waals surface area (Å²) in [5.74, 6) is 2.33.